The van der Waals surface area contributed by atoms with E-state index in [4.69, 9.17) is 11.6 Å². The standard InChI is InChI=1S/C19H11ClFN3OS/c20-14-5-4-13(21)10-16(14)23-19-24-18(25)17(26-19)9-11-3-6-15-12(8-11)2-1-7-22-15/h1-10H,(H,23,24,25)/b17-9-. The van der Waals surface area contributed by atoms with Gasteiger partial charge in [0.25, 0.3) is 5.91 Å². The molecule has 4 rings (SSSR count). The number of nitrogens with one attached hydrogen (secondary N) is 1. The molecule has 2 heterocycles. The molecule has 3 aromatic rings. The summed E-state index contributed by atoms with van der Waals surface area (Å²) >= 11 is 7.20. The minimum absolute atomic E-state index is 0.257. The van der Waals surface area contributed by atoms with Crippen molar-refractivity contribution >= 4 is 57.1 Å². The third kappa shape index (κ3) is 3.47. The molecule has 0 aliphatic carbocycles. The number of fused-ring (bicyclic) bond motifs is 1. The molecule has 0 unspecified atom stereocenters. The minimum atomic E-state index is -0.441. The zero-order chi connectivity index (χ0) is 18.1. The van der Waals surface area contributed by atoms with Crippen molar-refractivity contribution < 1.29 is 9.18 Å². The Hall–Kier alpha value is -2.70. The van der Waals surface area contributed by atoms with Crippen LogP contribution in [0.5, 0.6) is 0 Å². The predicted octanol–water partition coefficient (Wildman–Crippen LogP) is 4.92. The van der Waals surface area contributed by atoms with Gasteiger partial charge in [0.1, 0.15) is 5.82 Å². The van der Waals surface area contributed by atoms with Gasteiger partial charge in [-0.05, 0) is 53.7 Å². The lowest BCUT2D eigenvalue weighted by molar-refractivity contribution is -0.115. The molecule has 1 aromatic heterocycles. The summed E-state index contributed by atoms with van der Waals surface area (Å²) < 4.78 is 13.4. The fourth-order valence-electron chi connectivity index (χ4n) is 2.50. The highest BCUT2D eigenvalue weighted by atomic mass is 35.5. The number of aliphatic imine (C=N–C) groups is 1. The minimum Gasteiger partial charge on any atom is -0.300 e. The fraction of sp³-hybridized carbons (Fsp3) is 0. The topological polar surface area (TPSA) is 54.4 Å². The summed E-state index contributed by atoms with van der Waals surface area (Å²) in [6, 6.07) is 13.5. The quantitative estimate of drug-likeness (QED) is 0.639. The maximum Gasteiger partial charge on any atom is 0.264 e. The number of hydrogen-bond donors (Lipinski definition) is 1. The Kier molecular flexibility index (Phi) is 4.44. The summed E-state index contributed by atoms with van der Waals surface area (Å²) in [6.45, 7) is 0. The molecule has 1 N–H and O–H groups in total. The van der Waals surface area contributed by atoms with E-state index in [-0.39, 0.29) is 11.6 Å². The van der Waals surface area contributed by atoms with E-state index in [0.717, 1.165) is 16.5 Å². The number of hydrogen-bond acceptors (Lipinski definition) is 4. The first-order valence-electron chi connectivity index (χ1n) is 7.68. The Balaban J connectivity index is 1.63. The van der Waals surface area contributed by atoms with Crippen LogP contribution in [-0.4, -0.2) is 16.1 Å². The molecule has 1 aliphatic heterocycles. The normalized spacial score (nSPS) is 17.2. The van der Waals surface area contributed by atoms with Crippen LogP contribution < -0.4 is 5.32 Å². The molecule has 4 nitrogen and oxygen atoms in total. The Morgan fingerprint density at radius 1 is 1.19 bits per heavy atom. The van der Waals surface area contributed by atoms with E-state index in [0.29, 0.717) is 15.1 Å². The molecule has 0 saturated carbocycles. The molecule has 1 saturated heterocycles. The number of halogens is 2. The van der Waals surface area contributed by atoms with Gasteiger partial charge >= 0.3 is 0 Å². The van der Waals surface area contributed by atoms with E-state index < -0.39 is 5.82 Å². The molecule has 26 heavy (non-hydrogen) atoms. The first-order valence-corrected chi connectivity index (χ1v) is 8.87. The van der Waals surface area contributed by atoms with E-state index in [9.17, 15) is 9.18 Å². The SMILES string of the molecule is O=C1N/C(=N\c2cc(F)ccc2Cl)S/C1=C\c1ccc2ncccc2c1. The monoisotopic (exact) mass is 383 g/mol. The van der Waals surface area contributed by atoms with E-state index in [1.807, 2.05) is 30.3 Å². The molecule has 1 aliphatic rings. The summed E-state index contributed by atoms with van der Waals surface area (Å²) in [5, 5.41) is 4.33. The maximum absolute atomic E-state index is 13.4. The van der Waals surface area contributed by atoms with Crippen LogP contribution in [0.3, 0.4) is 0 Å². The summed E-state index contributed by atoms with van der Waals surface area (Å²) in [5.74, 6) is -0.698. The second kappa shape index (κ2) is 6.90. The number of aromatic nitrogens is 1. The number of nitrogens with zero attached hydrogens (tertiary/aromatic N) is 2. The molecule has 1 amide bonds. The van der Waals surface area contributed by atoms with Gasteiger partial charge in [-0.25, -0.2) is 9.38 Å². The molecule has 0 radical (unpaired) electrons. The molecule has 128 valence electrons. The molecule has 0 atom stereocenters. The van der Waals surface area contributed by atoms with Gasteiger partial charge in [-0.15, -0.1) is 0 Å². The summed E-state index contributed by atoms with van der Waals surface area (Å²) in [5.41, 5.74) is 2.04. The number of thioether (sulfide) groups is 1. The first-order chi connectivity index (χ1) is 12.6. The highest BCUT2D eigenvalue weighted by Gasteiger charge is 2.24. The van der Waals surface area contributed by atoms with Gasteiger partial charge in [0.15, 0.2) is 5.17 Å². The zero-order valence-corrected chi connectivity index (χ0v) is 14.8. The highest BCUT2D eigenvalue weighted by Crippen LogP contribution is 2.31. The third-order valence-electron chi connectivity index (χ3n) is 3.71. The van der Waals surface area contributed by atoms with Gasteiger partial charge < -0.3 is 5.32 Å². The zero-order valence-electron chi connectivity index (χ0n) is 13.2. The number of rotatable bonds is 2. The molecule has 7 heteroatoms. The first kappa shape index (κ1) is 16.8. The van der Waals surface area contributed by atoms with Crippen LogP contribution in [0, 0.1) is 5.82 Å². The second-order valence-electron chi connectivity index (χ2n) is 5.53. The lowest BCUT2D eigenvalue weighted by atomic mass is 10.1. The second-order valence-corrected chi connectivity index (χ2v) is 6.97. The largest absolute Gasteiger partial charge is 0.300 e. The third-order valence-corrected chi connectivity index (χ3v) is 4.94. The number of carbonyl (C=O) groups excluding carboxylic acids is 1. The van der Waals surface area contributed by atoms with E-state index >= 15 is 0 Å². The number of amidine groups is 1. The van der Waals surface area contributed by atoms with Crippen molar-refractivity contribution in [3.8, 4) is 0 Å². The smallest absolute Gasteiger partial charge is 0.264 e. The molecule has 2 aromatic carbocycles. The Morgan fingerprint density at radius 2 is 2.08 bits per heavy atom. The molecular weight excluding hydrogens is 373 g/mol. The van der Waals surface area contributed by atoms with Crippen molar-refractivity contribution in [2.45, 2.75) is 0 Å². The number of carbonyl (C=O) groups is 1. The Morgan fingerprint density at radius 3 is 2.96 bits per heavy atom. The van der Waals surface area contributed by atoms with E-state index in [1.165, 1.54) is 30.0 Å². The Bertz CT molecular complexity index is 1100. The molecular formula is C19H11ClFN3OS. The average Bonchev–Trinajstić information content (AvgIpc) is 2.97. The van der Waals surface area contributed by atoms with Crippen LogP contribution in [0.2, 0.25) is 5.02 Å². The number of benzene rings is 2. The average molecular weight is 384 g/mol. The van der Waals surface area contributed by atoms with Gasteiger partial charge in [0, 0.05) is 17.6 Å². The Labute approximate surface area is 157 Å². The van der Waals surface area contributed by atoms with Crippen molar-refractivity contribution in [3.63, 3.8) is 0 Å². The molecule has 1 fully saturated rings. The number of amides is 1. The van der Waals surface area contributed by atoms with Crippen molar-refractivity contribution in [2.75, 3.05) is 0 Å². The van der Waals surface area contributed by atoms with Crippen LogP contribution >= 0.6 is 23.4 Å². The van der Waals surface area contributed by atoms with Crippen LogP contribution in [0.1, 0.15) is 5.56 Å². The predicted molar refractivity (Wildman–Crippen MR) is 104 cm³/mol. The molecule has 0 bridgehead atoms. The van der Waals surface area contributed by atoms with Gasteiger partial charge in [0.05, 0.1) is 21.1 Å². The van der Waals surface area contributed by atoms with Crippen molar-refractivity contribution in [1.29, 1.82) is 0 Å². The summed E-state index contributed by atoms with van der Waals surface area (Å²) in [7, 11) is 0. The molecule has 0 spiro atoms. The van der Waals surface area contributed by atoms with Gasteiger partial charge in [-0.2, -0.15) is 0 Å². The summed E-state index contributed by atoms with van der Waals surface area (Å²) in [6.07, 6.45) is 3.52. The van der Waals surface area contributed by atoms with Crippen LogP contribution in [0.25, 0.3) is 17.0 Å². The van der Waals surface area contributed by atoms with Gasteiger partial charge in [-0.1, -0.05) is 23.7 Å². The van der Waals surface area contributed by atoms with Crippen molar-refractivity contribution in [1.82, 2.24) is 10.3 Å². The number of pyridine rings is 1. The van der Waals surface area contributed by atoms with Gasteiger partial charge in [-0.3, -0.25) is 9.78 Å². The lowest BCUT2D eigenvalue weighted by Crippen LogP contribution is -2.19. The van der Waals surface area contributed by atoms with E-state index in [1.54, 1.807) is 12.3 Å². The highest BCUT2D eigenvalue weighted by molar-refractivity contribution is 8.18. The van der Waals surface area contributed by atoms with Crippen molar-refractivity contribution in [3.05, 3.63) is 76.0 Å². The van der Waals surface area contributed by atoms with E-state index in [2.05, 4.69) is 15.3 Å². The maximum atomic E-state index is 13.4. The van der Waals surface area contributed by atoms with Crippen LogP contribution in [-0.2, 0) is 4.79 Å². The van der Waals surface area contributed by atoms with Gasteiger partial charge in [0.2, 0.25) is 0 Å². The lowest BCUT2D eigenvalue weighted by Gasteiger charge is -2.00. The summed E-state index contributed by atoms with van der Waals surface area (Å²) in [4.78, 5) is 21.2. The van der Waals surface area contributed by atoms with Crippen molar-refractivity contribution in [2.24, 2.45) is 4.99 Å². The van der Waals surface area contributed by atoms with Crippen LogP contribution in [0.15, 0.2) is 64.6 Å². The fourth-order valence-corrected chi connectivity index (χ4v) is 3.49. The van der Waals surface area contributed by atoms with Crippen LogP contribution in [0.4, 0.5) is 10.1 Å².